The molecule has 3 rings (SSSR count). The molecule has 1 fully saturated rings. The van der Waals surface area contributed by atoms with Gasteiger partial charge in [0.15, 0.2) is 6.29 Å². The molecule has 0 radical (unpaired) electrons. The maximum Gasteiger partial charge on any atom is 0.184 e. The van der Waals surface area contributed by atoms with Crippen LogP contribution in [0.5, 0.6) is 5.75 Å². The van der Waals surface area contributed by atoms with Crippen LogP contribution < -0.4 is 10.5 Å². The zero-order valence-corrected chi connectivity index (χ0v) is 23.4. The van der Waals surface area contributed by atoms with E-state index in [0.717, 1.165) is 69.3 Å². The van der Waals surface area contributed by atoms with Gasteiger partial charge in [-0.3, -0.25) is 4.90 Å². The molecular weight excluding hydrogens is 496 g/mol. The van der Waals surface area contributed by atoms with Crippen LogP contribution in [0.15, 0.2) is 54.6 Å². The van der Waals surface area contributed by atoms with Gasteiger partial charge in [-0.15, -0.1) is 0 Å². The summed E-state index contributed by atoms with van der Waals surface area (Å²) in [6.45, 7) is 5.04. The molecule has 8 heteroatoms. The van der Waals surface area contributed by atoms with Crippen LogP contribution in [0.1, 0.15) is 62.9 Å². The molecule has 5 N–H and O–H groups in total. The van der Waals surface area contributed by atoms with E-state index in [1.54, 1.807) is 0 Å². The summed E-state index contributed by atoms with van der Waals surface area (Å²) in [5.41, 5.74) is 7.66. The number of rotatable bonds is 18. The highest BCUT2D eigenvalue weighted by molar-refractivity contribution is 5.27. The van der Waals surface area contributed by atoms with Crippen LogP contribution in [-0.4, -0.2) is 84.0 Å². The van der Waals surface area contributed by atoms with Gasteiger partial charge in [0.2, 0.25) is 0 Å². The minimum atomic E-state index is -1.26. The Morgan fingerprint density at radius 1 is 0.974 bits per heavy atom. The predicted molar refractivity (Wildman–Crippen MR) is 153 cm³/mol. The van der Waals surface area contributed by atoms with Gasteiger partial charge in [0, 0.05) is 18.7 Å². The van der Waals surface area contributed by atoms with Gasteiger partial charge < -0.3 is 35.3 Å². The van der Waals surface area contributed by atoms with Gasteiger partial charge in [0.25, 0.3) is 0 Å². The molecule has 5 atom stereocenters. The quantitative estimate of drug-likeness (QED) is 0.211. The Bertz CT molecular complexity index is 900. The van der Waals surface area contributed by atoms with E-state index in [-0.39, 0.29) is 13.2 Å². The number of aryl methyl sites for hydroxylation is 1. The lowest BCUT2D eigenvalue weighted by Gasteiger charge is -2.38. The van der Waals surface area contributed by atoms with Crippen molar-refractivity contribution in [2.24, 2.45) is 5.73 Å². The Kier molecular flexibility index (Phi) is 14.2. The highest BCUT2D eigenvalue weighted by Gasteiger charge is 2.39. The molecule has 0 aliphatic carbocycles. The Morgan fingerprint density at radius 2 is 1.74 bits per heavy atom. The number of hydrogen-bond acceptors (Lipinski definition) is 8. The molecule has 218 valence electrons. The topological polar surface area (TPSA) is 118 Å². The van der Waals surface area contributed by atoms with E-state index in [2.05, 4.69) is 24.0 Å². The lowest BCUT2D eigenvalue weighted by molar-refractivity contribution is -0.283. The summed E-state index contributed by atoms with van der Waals surface area (Å²) in [7, 11) is 0. The van der Waals surface area contributed by atoms with Crippen LogP contribution in [0.25, 0.3) is 0 Å². The summed E-state index contributed by atoms with van der Waals surface area (Å²) >= 11 is 0. The molecule has 0 spiro atoms. The second kappa shape index (κ2) is 17.6. The van der Waals surface area contributed by atoms with E-state index in [4.69, 9.17) is 19.9 Å². The molecule has 8 nitrogen and oxygen atoms in total. The van der Waals surface area contributed by atoms with Crippen LogP contribution in [0.3, 0.4) is 0 Å². The van der Waals surface area contributed by atoms with Crippen LogP contribution in [0.2, 0.25) is 0 Å². The van der Waals surface area contributed by atoms with Crippen LogP contribution >= 0.6 is 0 Å². The van der Waals surface area contributed by atoms with Crippen molar-refractivity contribution in [1.82, 2.24) is 4.90 Å². The van der Waals surface area contributed by atoms with E-state index in [0.29, 0.717) is 13.2 Å². The van der Waals surface area contributed by atoms with E-state index >= 15 is 0 Å². The van der Waals surface area contributed by atoms with Crippen molar-refractivity contribution in [3.8, 4) is 5.75 Å². The molecule has 1 aliphatic rings. The second-order valence-corrected chi connectivity index (χ2v) is 10.4. The average molecular weight is 545 g/mol. The zero-order valence-electron chi connectivity index (χ0n) is 23.4. The monoisotopic (exact) mass is 544 g/mol. The van der Waals surface area contributed by atoms with Crippen LogP contribution in [0.4, 0.5) is 0 Å². The smallest absolute Gasteiger partial charge is 0.184 e. The van der Waals surface area contributed by atoms with E-state index in [9.17, 15) is 15.3 Å². The average Bonchev–Trinajstić information content (AvgIpc) is 2.96. The molecule has 39 heavy (non-hydrogen) atoms. The van der Waals surface area contributed by atoms with Crippen molar-refractivity contribution in [2.45, 2.75) is 82.6 Å². The van der Waals surface area contributed by atoms with E-state index in [1.165, 1.54) is 5.56 Å². The molecule has 2 aromatic carbocycles. The third-order valence-corrected chi connectivity index (χ3v) is 7.17. The van der Waals surface area contributed by atoms with Crippen molar-refractivity contribution < 1.29 is 29.5 Å². The molecule has 0 bridgehead atoms. The summed E-state index contributed by atoms with van der Waals surface area (Å²) in [6.07, 6.45) is 2.49. The number of nitrogens with zero attached hydrogens (tertiary/aromatic N) is 1. The molecule has 1 aliphatic heterocycles. The number of unbranched alkanes of at least 4 members (excludes halogenated alkanes) is 4. The number of benzene rings is 2. The Morgan fingerprint density at radius 3 is 2.46 bits per heavy atom. The first-order valence-corrected chi connectivity index (χ1v) is 14.5. The first-order chi connectivity index (χ1) is 19.0. The molecule has 5 unspecified atom stereocenters. The predicted octanol–water partition coefficient (Wildman–Crippen LogP) is 3.43. The van der Waals surface area contributed by atoms with Crippen LogP contribution in [0, 0.1) is 0 Å². The van der Waals surface area contributed by atoms with Gasteiger partial charge in [-0.05, 0) is 56.5 Å². The second-order valence-electron chi connectivity index (χ2n) is 10.4. The fraction of sp³-hybridized carbons (Fsp3) is 0.613. The van der Waals surface area contributed by atoms with Gasteiger partial charge >= 0.3 is 0 Å². The maximum atomic E-state index is 11.0. The Hall–Kier alpha value is -2.04. The number of hydrogen-bond donors (Lipinski definition) is 4. The summed E-state index contributed by atoms with van der Waals surface area (Å²) in [5, 5.41) is 32.4. The number of nitrogens with two attached hydrogens (primary N) is 1. The number of aliphatic hydroxyl groups excluding tert-OH is 3. The van der Waals surface area contributed by atoms with Gasteiger partial charge in [0.1, 0.15) is 30.7 Å². The number of aliphatic hydroxyl groups is 3. The van der Waals surface area contributed by atoms with Gasteiger partial charge in [-0.2, -0.15) is 0 Å². The fourth-order valence-corrected chi connectivity index (χ4v) is 4.81. The summed E-state index contributed by atoms with van der Waals surface area (Å²) in [6, 6.07) is 17.6. The maximum absolute atomic E-state index is 11.0. The highest BCUT2D eigenvalue weighted by Crippen LogP contribution is 2.28. The van der Waals surface area contributed by atoms with Crippen molar-refractivity contribution in [3.63, 3.8) is 0 Å². The Balaban J connectivity index is 1.52. The third-order valence-electron chi connectivity index (χ3n) is 7.17. The first-order valence-electron chi connectivity index (χ1n) is 14.5. The lowest BCUT2D eigenvalue weighted by atomic mass is 10.0. The van der Waals surface area contributed by atoms with Crippen molar-refractivity contribution in [2.75, 3.05) is 39.4 Å². The minimum absolute atomic E-state index is 0.0222. The summed E-state index contributed by atoms with van der Waals surface area (Å²) in [4.78, 5) is 2.12. The fourth-order valence-electron chi connectivity index (χ4n) is 4.81. The largest absolute Gasteiger partial charge is 0.492 e. The highest BCUT2D eigenvalue weighted by atomic mass is 16.7. The van der Waals surface area contributed by atoms with Crippen LogP contribution in [-0.2, 0) is 15.9 Å². The normalized spacial score (nSPS) is 21.1. The molecular formula is C31H48N2O6. The first kappa shape index (κ1) is 31.5. The van der Waals surface area contributed by atoms with E-state index < -0.39 is 30.7 Å². The lowest BCUT2D eigenvalue weighted by Crippen LogP contribution is -2.54. The zero-order chi connectivity index (χ0) is 27.9. The van der Waals surface area contributed by atoms with Crippen molar-refractivity contribution >= 4 is 0 Å². The molecule has 0 aromatic heterocycles. The van der Waals surface area contributed by atoms with Gasteiger partial charge in [-0.25, -0.2) is 0 Å². The molecule has 1 heterocycles. The summed E-state index contributed by atoms with van der Waals surface area (Å²) < 4.78 is 17.5. The van der Waals surface area contributed by atoms with Crippen molar-refractivity contribution in [1.29, 1.82) is 0 Å². The standard InChI is InChI=1S/C31H48N2O6/c1-2-3-4-10-19-33(20-21-37-26-16-14-24(15-17-26)11-8-9-18-32)22-27(34)29(36)30-28(35)23-38-31(39-30)25-12-6-5-7-13-25/h5-7,12-17,27-31,34-36H,2-4,8-11,18-23,32H2,1H3. The third kappa shape index (κ3) is 10.8. The molecule has 0 saturated carbocycles. The van der Waals surface area contributed by atoms with Gasteiger partial charge in [-0.1, -0.05) is 68.7 Å². The SMILES string of the molecule is CCCCCCN(CCOc1ccc(CCCCN)cc1)CC(O)C(O)C1OC(c2ccccc2)OCC1O. The van der Waals surface area contributed by atoms with E-state index in [1.807, 2.05) is 42.5 Å². The molecule has 0 amide bonds. The summed E-state index contributed by atoms with van der Waals surface area (Å²) in [5.74, 6) is 0.815. The molecule has 2 aromatic rings. The minimum Gasteiger partial charge on any atom is -0.492 e. The van der Waals surface area contributed by atoms with Crippen molar-refractivity contribution in [3.05, 3.63) is 65.7 Å². The van der Waals surface area contributed by atoms with Gasteiger partial charge in [0.05, 0.1) is 12.7 Å². The molecule has 1 saturated heterocycles. The number of ether oxygens (including phenoxy) is 3. The Labute approximate surface area is 233 Å².